The minimum atomic E-state index is 0.208. The third-order valence-electron chi connectivity index (χ3n) is 1.11. The van der Waals surface area contributed by atoms with Gasteiger partial charge in [0, 0.05) is 0 Å². The molecule has 0 spiro atoms. The molecular weight excluding hydrogens is 140 g/mol. The molecule has 0 amide bonds. The zero-order valence-corrected chi connectivity index (χ0v) is 6.07. The quantitative estimate of drug-likeness (QED) is 0.505. The molecule has 4 heteroatoms. The molecule has 0 saturated carbocycles. The lowest BCUT2D eigenvalue weighted by atomic mass is 10.3. The van der Waals surface area contributed by atoms with Crippen molar-refractivity contribution in [3.05, 3.63) is 30.3 Å². The fraction of sp³-hybridized carbons (Fsp3) is 0.143. The van der Waals surface area contributed by atoms with Crippen molar-refractivity contribution in [2.45, 2.75) is 0 Å². The van der Waals surface area contributed by atoms with Crippen molar-refractivity contribution in [1.82, 2.24) is 0 Å². The van der Waals surface area contributed by atoms with Crippen LogP contribution in [0.3, 0.4) is 0 Å². The highest BCUT2D eigenvalue weighted by molar-refractivity contribution is 5.41. The summed E-state index contributed by atoms with van der Waals surface area (Å²) in [5.41, 5.74) is 8.72. The first-order valence-electron chi connectivity index (χ1n) is 3.31. The Labute approximate surface area is 65.1 Å². The van der Waals surface area contributed by atoms with Gasteiger partial charge in [0.25, 0.3) is 0 Å². The normalized spacial score (nSPS) is 10.3. The summed E-state index contributed by atoms with van der Waals surface area (Å²) in [4.78, 5) is 0. The van der Waals surface area contributed by atoms with Gasteiger partial charge < -0.3 is 5.73 Å². The number of nitrogens with two attached hydrogens (primary N) is 1. The molecule has 0 atom stereocenters. The van der Waals surface area contributed by atoms with Gasteiger partial charge in [0.1, 0.15) is 6.67 Å². The SMILES string of the molecule is NC/N=N/Nc1ccccc1. The molecule has 0 aliphatic heterocycles. The Morgan fingerprint density at radius 1 is 1.27 bits per heavy atom. The smallest absolute Gasteiger partial charge is 0.109 e. The third kappa shape index (κ3) is 2.77. The lowest BCUT2D eigenvalue weighted by Gasteiger charge is -1.95. The van der Waals surface area contributed by atoms with Crippen LogP contribution in [0.15, 0.2) is 40.7 Å². The summed E-state index contributed by atoms with van der Waals surface area (Å²) < 4.78 is 0. The molecule has 11 heavy (non-hydrogen) atoms. The van der Waals surface area contributed by atoms with Crippen molar-refractivity contribution in [3.63, 3.8) is 0 Å². The summed E-state index contributed by atoms with van der Waals surface area (Å²) in [6.45, 7) is 0.208. The van der Waals surface area contributed by atoms with Gasteiger partial charge in [0.15, 0.2) is 0 Å². The molecule has 0 bridgehead atoms. The highest BCUT2D eigenvalue weighted by Gasteiger charge is 1.82. The number of para-hydroxylation sites is 1. The molecule has 3 N–H and O–H groups in total. The van der Waals surface area contributed by atoms with Gasteiger partial charge in [-0.15, -0.1) is 0 Å². The van der Waals surface area contributed by atoms with Crippen LogP contribution >= 0.6 is 0 Å². The van der Waals surface area contributed by atoms with Crippen LogP contribution in [0.4, 0.5) is 5.69 Å². The van der Waals surface area contributed by atoms with Crippen molar-refractivity contribution in [3.8, 4) is 0 Å². The molecule has 0 radical (unpaired) electrons. The second-order valence-corrected chi connectivity index (χ2v) is 1.90. The van der Waals surface area contributed by atoms with Gasteiger partial charge in [-0.25, -0.2) is 0 Å². The van der Waals surface area contributed by atoms with Crippen LogP contribution in [-0.2, 0) is 0 Å². The van der Waals surface area contributed by atoms with E-state index < -0.39 is 0 Å². The topological polar surface area (TPSA) is 62.8 Å². The van der Waals surface area contributed by atoms with Crippen LogP contribution in [0.25, 0.3) is 0 Å². The van der Waals surface area contributed by atoms with E-state index in [-0.39, 0.29) is 6.67 Å². The summed E-state index contributed by atoms with van der Waals surface area (Å²) in [6, 6.07) is 9.57. The van der Waals surface area contributed by atoms with Gasteiger partial charge >= 0.3 is 0 Å². The average Bonchev–Trinajstić information content (AvgIpc) is 2.07. The van der Waals surface area contributed by atoms with E-state index in [0.29, 0.717) is 0 Å². The highest BCUT2D eigenvalue weighted by Crippen LogP contribution is 2.03. The fourth-order valence-corrected chi connectivity index (χ4v) is 0.647. The van der Waals surface area contributed by atoms with E-state index in [9.17, 15) is 0 Å². The first kappa shape index (κ1) is 7.68. The Bertz CT molecular complexity index is 219. The van der Waals surface area contributed by atoms with Gasteiger partial charge in [-0.05, 0) is 12.1 Å². The molecule has 4 nitrogen and oxygen atoms in total. The summed E-state index contributed by atoms with van der Waals surface area (Å²) >= 11 is 0. The van der Waals surface area contributed by atoms with E-state index in [1.54, 1.807) is 0 Å². The molecule has 0 unspecified atom stereocenters. The maximum Gasteiger partial charge on any atom is 0.109 e. The first-order chi connectivity index (χ1) is 5.43. The number of rotatable bonds is 3. The number of hydrogen-bond acceptors (Lipinski definition) is 3. The Morgan fingerprint density at radius 2 is 2.00 bits per heavy atom. The zero-order chi connectivity index (χ0) is 7.94. The minimum Gasteiger partial charge on any atom is -0.311 e. The second kappa shape index (κ2) is 4.40. The van der Waals surface area contributed by atoms with Crippen LogP contribution in [0, 0.1) is 0 Å². The summed E-state index contributed by atoms with van der Waals surface area (Å²) in [5.74, 6) is 0. The maximum absolute atomic E-state index is 5.09. The van der Waals surface area contributed by atoms with Gasteiger partial charge in [0.2, 0.25) is 0 Å². The van der Waals surface area contributed by atoms with E-state index in [4.69, 9.17) is 5.73 Å². The minimum absolute atomic E-state index is 0.208. The molecule has 0 aliphatic rings. The molecule has 1 aromatic carbocycles. The molecule has 0 heterocycles. The Hall–Kier alpha value is -1.42. The summed E-state index contributed by atoms with van der Waals surface area (Å²) in [6.07, 6.45) is 0. The third-order valence-corrected chi connectivity index (χ3v) is 1.11. The van der Waals surface area contributed by atoms with E-state index in [0.717, 1.165) is 5.69 Å². The molecule has 0 saturated heterocycles. The number of benzene rings is 1. The van der Waals surface area contributed by atoms with E-state index in [2.05, 4.69) is 15.8 Å². The highest BCUT2D eigenvalue weighted by atomic mass is 15.4. The Balaban J connectivity index is 2.45. The largest absolute Gasteiger partial charge is 0.311 e. The lowest BCUT2D eigenvalue weighted by Crippen LogP contribution is -1.94. The Morgan fingerprint density at radius 3 is 2.64 bits per heavy atom. The van der Waals surface area contributed by atoms with Crippen LogP contribution in [0.2, 0.25) is 0 Å². The first-order valence-corrected chi connectivity index (χ1v) is 3.31. The molecule has 0 aromatic heterocycles. The van der Waals surface area contributed by atoms with Gasteiger partial charge in [-0.2, -0.15) is 5.11 Å². The van der Waals surface area contributed by atoms with Gasteiger partial charge in [-0.3, -0.25) is 5.43 Å². The summed E-state index contributed by atoms with van der Waals surface area (Å²) in [5, 5.41) is 7.17. The molecule has 0 fully saturated rings. The van der Waals surface area contributed by atoms with E-state index >= 15 is 0 Å². The zero-order valence-electron chi connectivity index (χ0n) is 6.07. The number of nitrogens with zero attached hydrogens (tertiary/aromatic N) is 2. The van der Waals surface area contributed by atoms with Crippen molar-refractivity contribution in [2.75, 3.05) is 12.1 Å². The van der Waals surface area contributed by atoms with Crippen LogP contribution < -0.4 is 11.2 Å². The molecule has 0 aliphatic carbocycles. The second-order valence-electron chi connectivity index (χ2n) is 1.90. The van der Waals surface area contributed by atoms with Crippen molar-refractivity contribution < 1.29 is 0 Å². The van der Waals surface area contributed by atoms with Crippen LogP contribution in [-0.4, -0.2) is 6.67 Å². The number of nitrogens with one attached hydrogen (secondary N) is 1. The number of hydrogen-bond donors (Lipinski definition) is 2. The van der Waals surface area contributed by atoms with E-state index in [1.165, 1.54) is 0 Å². The standard InChI is InChI=1S/C7H10N4/c8-6-9-11-10-7-4-2-1-3-5-7/h1-5H,6,8H2,(H,9,10). The monoisotopic (exact) mass is 150 g/mol. The number of anilines is 1. The van der Waals surface area contributed by atoms with Gasteiger partial charge in [0.05, 0.1) is 5.69 Å². The predicted octanol–water partition coefficient (Wildman–Crippen LogP) is 1.38. The molecular formula is C7H10N4. The van der Waals surface area contributed by atoms with Crippen molar-refractivity contribution >= 4 is 5.69 Å². The molecule has 1 aromatic rings. The molecule has 58 valence electrons. The Kier molecular flexibility index (Phi) is 3.08. The predicted molar refractivity (Wildman–Crippen MR) is 44.0 cm³/mol. The van der Waals surface area contributed by atoms with Crippen molar-refractivity contribution in [1.29, 1.82) is 0 Å². The average molecular weight is 150 g/mol. The van der Waals surface area contributed by atoms with Crippen LogP contribution in [0.5, 0.6) is 0 Å². The lowest BCUT2D eigenvalue weighted by molar-refractivity contribution is 0.934. The van der Waals surface area contributed by atoms with Crippen LogP contribution in [0.1, 0.15) is 0 Å². The maximum atomic E-state index is 5.09. The van der Waals surface area contributed by atoms with E-state index in [1.807, 2.05) is 30.3 Å². The van der Waals surface area contributed by atoms with Crippen molar-refractivity contribution in [2.24, 2.45) is 16.1 Å². The van der Waals surface area contributed by atoms with Gasteiger partial charge in [-0.1, -0.05) is 23.4 Å². The fourth-order valence-electron chi connectivity index (χ4n) is 0.647. The summed E-state index contributed by atoms with van der Waals surface area (Å²) in [7, 11) is 0. The molecule has 1 rings (SSSR count).